The van der Waals surface area contributed by atoms with E-state index >= 15 is 0 Å². The van der Waals surface area contributed by atoms with Crippen molar-refractivity contribution in [3.8, 4) is 0 Å². The summed E-state index contributed by atoms with van der Waals surface area (Å²) in [5, 5.41) is 0. The lowest BCUT2D eigenvalue weighted by Crippen LogP contribution is -2.40. The molecule has 0 aromatic rings. The molecule has 0 amide bonds. The smallest absolute Gasteiger partial charge is 0.319 e. The molecule has 0 saturated heterocycles. The van der Waals surface area contributed by atoms with E-state index in [1.54, 1.807) is 0 Å². The highest BCUT2D eigenvalue weighted by Gasteiger charge is 2.71. The van der Waals surface area contributed by atoms with Crippen LogP contribution in [0.1, 0.15) is 38.5 Å². The van der Waals surface area contributed by atoms with E-state index in [9.17, 15) is 9.59 Å². The van der Waals surface area contributed by atoms with Gasteiger partial charge in [-0.1, -0.05) is 12.8 Å². The number of ether oxygens (including phenoxy) is 1. The van der Waals surface area contributed by atoms with Crippen LogP contribution in [0.2, 0.25) is 0 Å². The summed E-state index contributed by atoms with van der Waals surface area (Å²) in [6.45, 7) is 0. The molecule has 0 spiro atoms. The Kier molecular flexibility index (Phi) is 2.13. The average Bonchev–Trinajstić information content (AvgIpc) is 3.06. The van der Waals surface area contributed by atoms with E-state index in [0.29, 0.717) is 24.2 Å². The second-order valence-corrected chi connectivity index (χ2v) is 5.61. The molecule has 0 aliphatic heterocycles. The maximum atomic E-state index is 12.1. The Morgan fingerprint density at radius 3 is 2.88 bits per heavy atom. The Morgan fingerprint density at radius 1 is 1.38 bits per heavy atom. The highest BCUT2D eigenvalue weighted by atomic mass is 16.5. The topological polar surface area (TPSA) is 43.4 Å². The second-order valence-electron chi connectivity index (χ2n) is 5.61. The summed E-state index contributed by atoms with van der Waals surface area (Å²) in [4.78, 5) is 23.9. The minimum atomic E-state index is -0.701. The van der Waals surface area contributed by atoms with Crippen LogP contribution in [-0.2, 0) is 14.3 Å². The molecule has 16 heavy (non-hydrogen) atoms. The number of ketones is 1. The number of hydrogen-bond acceptors (Lipinski definition) is 3. The zero-order chi connectivity index (χ0) is 11.3. The first-order chi connectivity index (χ1) is 7.70. The second kappa shape index (κ2) is 3.31. The maximum absolute atomic E-state index is 12.1. The Morgan fingerprint density at radius 2 is 2.12 bits per heavy atom. The van der Waals surface area contributed by atoms with Crippen LogP contribution in [0.25, 0.3) is 0 Å². The summed E-state index contributed by atoms with van der Waals surface area (Å²) >= 11 is 0. The molecule has 0 bridgehead atoms. The van der Waals surface area contributed by atoms with Gasteiger partial charge in [0.25, 0.3) is 0 Å². The molecule has 4 unspecified atom stereocenters. The van der Waals surface area contributed by atoms with Gasteiger partial charge < -0.3 is 4.74 Å². The van der Waals surface area contributed by atoms with Gasteiger partial charge in [-0.3, -0.25) is 9.59 Å². The largest absolute Gasteiger partial charge is 0.468 e. The third-order valence-electron chi connectivity index (χ3n) is 4.99. The number of rotatable bonds is 1. The number of Topliss-reactive ketones (excluding diaryl/α,β-unsaturated/α-hetero) is 1. The highest BCUT2D eigenvalue weighted by molar-refractivity contribution is 6.08. The van der Waals surface area contributed by atoms with Crippen molar-refractivity contribution in [2.75, 3.05) is 7.11 Å². The molecule has 3 rings (SSSR count). The molecule has 0 radical (unpaired) electrons. The minimum absolute atomic E-state index is 0.160. The van der Waals surface area contributed by atoms with Crippen molar-refractivity contribution < 1.29 is 14.3 Å². The predicted octanol–water partition coefficient (Wildman–Crippen LogP) is 1.94. The fourth-order valence-corrected chi connectivity index (χ4v) is 4.10. The fourth-order valence-electron chi connectivity index (χ4n) is 4.10. The molecule has 3 fully saturated rings. The van der Waals surface area contributed by atoms with Crippen LogP contribution in [-0.4, -0.2) is 18.9 Å². The molecule has 3 aliphatic carbocycles. The maximum Gasteiger partial charge on any atom is 0.319 e. The van der Waals surface area contributed by atoms with Gasteiger partial charge >= 0.3 is 5.97 Å². The van der Waals surface area contributed by atoms with Crippen molar-refractivity contribution in [1.29, 1.82) is 0 Å². The molecule has 0 aromatic heterocycles. The van der Waals surface area contributed by atoms with Crippen LogP contribution in [0, 0.1) is 23.2 Å². The number of methoxy groups -OCH3 is 1. The number of esters is 1. The van der Waals surface area contributed by atoms with E-state index in [0.717, 1.165) is 6.42 Å². The van der Waals surface area contributed by atoms with E-state index in [4.69, 9.17) is 4.74 Å². The molecule has 0 aromatic carbocycles. The number of fused-ring (bicyclic) bond motifs is 3. The molecule has 3 heteroatoms. The zero-order valence-electron chi connectivity index (χ0n) is 9.70. The molecule has 0 heterocycles. The van der Waals surface area contributed by atoms with Crippen molar-refractivity contribution in [1.82, 2.24) is 0 Å². The van der Waals surface area contributed by atoms with Gasteiger partial charge in [0.1, 0.15) is 5.41 Å². The number of carbonyl (C=O) groups is 2. The van der Waals surface area contributed by atoms with Gasteiger partial charge in [-0.2, -0.15) is 0 Å². The monoisotopic (exact) mass is 222 g/mol. The Hall–Kier alpha value is -0.860. The van der Waals surface area contributed by atoms with Crippen LogP contribution < -0.4 is 0 Å². The van der Waals surface area contributed by atoms with E-state index < -0.39 is 5.41 Å². The zero-order valence-corrected chi connectivity index (χ0v) is 9.70. The molecule has 3 nitrogen and oxygen atoms in total. The van der Waals surface area contributed by atoms with E-state index in [1.807, 2.05) is 0 Å². The van der Waals surface area contributed by atoms with Gasteiger partial charge in [-0.25, -0.2) is 0 Å². The number of carbonyl (C=O) groups excluding carboxylic acids is 2. The first kappa shape index (κ1) is 10.3. The summed E-state index contributed by atoms with van der Waals surface area (Å²) in [6, 6.07) is 0. The Bertz CT molecular complexity index is 349. The van der Waals surface area contributed by atoms with E-state index in [1.165, 1.54) is 32.8 Å². The van der Waals surface area contributed by atoms with Gasteiger partial charge in [-0.15, -0.1) is 0 Å². The predicted molar refractivity (Wildman–Crippen MR) is 57.6 cm³/mol. The summed E-state index contributed by atoms with van der Waals surface area (Å²) in [7, 11) is 1.40. The highest BCUT2D eigenvalue weighted by Crippen LogP contribution is 2.65. The van der Waals surface area contributed by atoms with Gasteiger partial charge in [0, 0.05) is 6.42 Å². The average molecular weight is 222 g/mol. The van der Waals surface area contributed by atoms with Crippen molar-refractivity contribution in [2.24, 2.45) is 23.2 Å². The lowest BCUT2D eigenvalue weighted by atomic mass is 9.67. The van der Waals surface area contributed by atoms with E-state index in [-0.39, 0.29) is 11.8 Å². The molecule has 3 saturated carbocycles. The van der Waals surface area contributed by atoms with Crippen LogP contribution in [0.3, 0.4) is 0 Å². The first-order valence-electron chi connectivity index (χ1n) is 6.32. The SMILES string of the molecule is COC(=O)C12CC1C1CCCCC1CC2=O. The van der Waals surface area contributed by atoms with Crippen molar-refractivity contribution >= 4 is 11.8 Å². The van der Waals surface area contributed by atoms with Crippen molar-refractivity contribution in [3.05, 3.63) is 0 Å². The van der Waals surface area contributed by atoms with E-state index in [2.05, 4.69) is 0 Å². The molecule has 0 N–H and O–H groups in total. The summed E-state index contributed by atoms with van der Waals surface area (Å²) in [6.07, 6.45) is 6.30. The van der Waals surface area contributed by atoms with Gasteiger partial charge in [0.2, 0.25) is 0 Å². The third kappa shape index (κ3) is 1.14. The normalized spacial score (nSPS) is 45.6. The van der Waals surface area contributed by atoms with Gasteiger partial charge in [-0.05, 0) is 37.0 Å². The minimum Gasteiger partial charge on any atom is -0.468 e. The van der Waals surface area contributed by atoms with Crippen LogP contribution in [0.15, 0.2) is 0 Å². The Labute approximate surface area is 95.5 Å². The molecule has 88 valence electrons. The molecule has 4 atom stereocenters. The quantitative estimate of drug-likeness (QED) is 0.503. The van der Waals surface area contributed by atoms with Crippen LogP contribution in [0.5, 0.6) is 0 Å². The Balaban J connectivity index is 1.86. The lowest BCUT2D eigenvalue weighted by Gasteiger charge is -2.36. The molecular weight excluding hydrogens is 204 g/mol. The number of hydrogen-bond donors (Lipinski definition) is 0. The fraction of sp³-hybridized carbons (Fsp3) is 0.846. The standard InChI is InChI=1S/C13H18O3/c1-16-12(15)13-7-10(13)9-5-3-2-4-8(9)6-11(13)14/h8-10H,2-7H2,1H3. The summed E-state index contributed by atoms with van der Waals surface area (Å²) in [5.41, 5.74) is -0.701. The van der Waals surface area contributed by atoms with Crippen LogP contribution in [0.4, 0.5) is 0 Å². The molecular formula is C13H18O3. The third-order valence-corrected chi connectivity index (χ3v) is 4.99. The summed E-state index contributed by atoms with van der Waals surface area (Å²) in [5.74, 6) is 1.38. The van der Waals surface area contributed by atoms with Crippen LogP contribution >= 0.6 is 0 Å². The lowest BCUT2D eigenvalue weighted by molar-refractivity contribution is -0.155. The first-order valence-corrected chi connectivity index (χ1v) is 6.32. The van der Waals surface area contributed by atoms with Gasteiger partial charge in [0.15, 0.2) is 5.78 Å². The summed E-state index contributed by atoms with van der Waals surface area (Å²) < 4.78 is 4.82. The van der Waals surface area contributed by atoms with Crippen molar-refractivity contribution in [3.63, 3.8) is 0 Å². The van der Waals surface area contributed by atoms with Crippen molar-refractivity contribution in [2.45, 2.75) is 38.5 Å². The van der Waals surface area contributed by atoms with Gasteiger partial charge in [0.05, 0.1) is 7.11 Å². The molecule has 3 aliphatic rings.